The molecule has 1 atom stereocenters. The van der Waals surface area contributed by atoms with Crippen LogP contribution in [0, 0.1) is 0 Å². The molecular weight excluding hydrogens is 1110 g/mol. The molecule has 0 fully saturated rings. The molecule has 2 heterocycles. The molecule has 1 spiro atoms. The van der Waals surface area contributed by atoms with Gasteiger partial charge >= 0.3 is 0 Å². The van der Waals surface area contributed by atoms with Crippen molar-refractivity contribution in [1.29, 1.82) is 0 Å². The number of fused-ring (bicyclic) bond motifs is 21. The van der Waals surface area contributed by atoms with Crippen molar-refractivity contribution >= 4 is 129 Å². The van der Waals surface area contributed by atoms with Crippen molar-refractivity contribution in [2.45, 2.75) is 5.41 Å². The van der Waals surface area contributed by atoms with E-state index in [9.17, 15) is 0 Å². The van der Waals surface area contributed by atoms with Crippen LogP contribution in [0.4, 0.5) is 34.1 Å². The van der Waals surface area contributed by atoms with E-state index in [0.717, 1.165) is 22.7 Å². The highest BCUT2D eigenvalue weighted by molar-refractivity contribution is 7.26. The molecule has 0 saturated carbocycles. The molecular formula is C85H52N2S2. The van der Waals surface area contributed by atoms with E-state index in [1.54, 1.807) is 0 Å². The Kier molecular flexibility index (Phi) is 11.1. The number of nitrogens with zero attached hydrogens (tertiary/aromatic N) is 2. The second-order valence-electron chi connectivity index (χ2n) is 23.8. The Morgan fingerprint density at radius 2 is 0.742 bits per heavy atom. The predicted molar refractivity (Wildman–Crippen MR) is 381 cm³/mol. The summed E-state index contributed by atoms with van der Waals surface area (Å²) in [4.78, 5) is 4.83. The van der Waals surface area contributed by atoms with Crippen LogP contribution in [0.15, 0.2) is 315 Å². The summed E-state index contributed by atoms with van der Waals surface area (Å²) in [6.45, 7) is 0. The molecule has 0 N–H and O–H groups in total. The molecule has 0 amide bonds. The van der Waals surface area contributed by atoms with Crippen molar-refractivity contribution in [3.05, 3.63) is 338 Å². The van der Waals surface area contributed by atoms with Gasteiger partial charge in [0.1, 0.15) is 0 Å². The van der Waals surface area contributed by atoms with Gasteiger partial charge in [-0.3, -0.25) is 0 Å². The molecule has 0 bridgehead atoms. The van der Waals surface area contributed by atoms with Gasteiger partial charge in [-0.25, -0.2) is 0 Å². The van der Waals surface area contributed by atoms with E-state index < -0.39 is 5.41 Å². The molecule has 17 aromatic rings. The average Bonchev–Trinajstić information content (AvgIpc) is 1.53. The fraction of sp³-hybridized carbons (Fsp3) is 0.0118. The summed E-state index contributed by atoms with van der Waals surface area (Å²) in [5, 5.41) is 12.7. The van der Waals surface area contributed by atoms with Gasteiger partial charge < -0.3 is 9.80 Å². The number of hydrogen-bond donors (Lipinski definition) is 0. The van der Waals surface area contributed by atoms with Crippen molar-refractivity contribution < 1.29 is 0 Å². The van der Waals surface area contributed by atoms with Crippen LogP contribution in [-0.2, 0) is 5.41 Å². The molecule has 0 aliphatic heterocycles. The standard InChI is InChI=1S/C85H52N2S2/c1-3-18-61(19-4-1)86(77-29-15-26-70-67-23-10-13-31-79(67)88-83(70)77)63-42-35-53(36-43-63)56-33-34-58-51-73-69-47-40-59-49-57(54-37-44-64(45-38-54)87(62-20-5-2-6-21-62)78-30-16-27-71-68-24-11-14-32-80(68)89-84(71)78)39-46-66(59)82(69)85(76(73)52-60(58)50-56)74-28-12-9-25-72(74)81-65-22-8-7-17-55(65)41-48-75(81)85/h1-52H. The third-order valence-corrected chi connectivity index (χ3v) is 21.6. The quantitative estimate of drug-likeness (QED) is 0.150. The molecule has 414 valence electrons. The molecule has 2 aliphatic carbocycles. The fourth-order valence-corrected chi connectivity index (χ4v) is 17.7. The Bertz CT molecular complexity index is 5740. The van der Waals surface area contributed by atoms with Gasteiger partial charge in [0.25, 0.3) is 0 Å². The minimum absolute atomic E-state index is 0.578. The summed E-state index contributed by atoms with van der Waals surface area (Å²) in [6, 6.07) is 118. The zero-order valence-corrected chi connectivity index (χ0v) is 49.9. The summed E-state index contributed by atoms with van der Waals surface area (Å²) < 4.78 is 5.17. The first-order chi connectivity index (χ1) is 44.1. The van der Waals surface area contributed by atoms with E-state index in [1.807, 2.05) is 22.7 Å². The number of para-hydroxylation sites is 2. The van der Waals surface area contributed by atoms with Crippen LogP contribution in [0.2, 0.25) is 0 Å². The van der Waals surface area contributed by atoms with Crippen LogP contribution in [0.25, 0.3) is 117 Å². The molecule has 15 aromatic carbocycles. The predicted octanol–water partition coefficient (Wildman–Crippen LogP) is 24.5. The maximum absolute atomic E-state index is 2.55. The van der Waals surface area contributed by atoms with E-state index in [1.165, 1.54) is 151 Å². The lowest BCUT2D eigenvalue weighted by molar-refractivity contribution is 0.803. The van der Waals surface area contributed by atoms with Crippen molar-refractivity contribution in [3.8, 4) is 44.5 Å². The lowest BCUT2D eigenvalue weighted by atomic mass is 9.69. The maximum Gasteiger partial charge on any atom is 0.0731 e. The highest BCUT2D eigenvalue weighted by Gasteiger charge is 2.53. The highest BCUT2D eigenvalue weighted by atomic mass is 32.1. The molecule has 1 unspecified atom stereocenters. The average molecular weight is 1170 g/mol. The smallest absolute Gasteiger partial charge is 0.0731 e. The van der Waals surface area contributed by atoms with Gasteiger partial charge in [-0.05, 0) is 196 Å². The van der Waals surface area contributed by atoms with Gasteiger partial charge in [0.2, 0.25) is 0 Å². The summed E-state index contributed by atoms with van der Waals surface area (Å²) >= 11 is 3.74. The van der Waals surface area contributed by atoms with Gasteiger partial charge in [-0.1, -0.05) is 218 Å². The number of thiophene rings is 2. The third-order valence-electron chi connectivity index (χ3n) is 19.2. The molecule has 19 rings (SSSR count). The first-order valence-corrected chi connectivity index (χ1v) is 32.3. The second-order valence-corrected chi connectivity index (χ2v) is 25.9. The highest BCUT2D eigenvalue weighted by Crippen LogP contribution is 2.66. The summed E-state index contributed by atoms with van der Waals surface area (Å²) in [6.07, 6.45) is 0. The van der Waals surface area contributed by atoms with Gasteiger partial charge in [0, 0.05) is 53.7 Å². The molecule has 89 heavy (non-hydrogen) atoms. The fourth-order valence-electron chi connectivity index (χ4n) is 15.3. The number of rotatable bonds is 8. The number of benzene rings is 15. The van der Waals surface area contributed by atoms with E-state index in [0.29, 0.717) is 0 Å². The minimum atomic E-state index is -0.578. The molecule has 0 radical (unpaired) electrons. The molecule has 2 nitrogen and oxygen atoms in total. The van der Waals surface area contributed by atoms with Gasteiger partial charge in [0.15, 0.2) is 0 Å². The Hall–Kier alpha value is -10.9. The van der Waals surface area contributed by atoms with Crippen molar-refractivity contribution in [3.63, 3.8) is 0 Å². The first kappa shape index (κ1) is 50.3. The normalized spacial score (nSPS) is 13.9. The van der Waals surface area contributed by atoms with E-state index in [-0.39, 0.29) is 0 Å². The Balaban J connectivity index is 0.739. The van der Waals surface area contributed by atoms with Crippen LogP contribution >= 0.6 is 22.7 Å². The van der Waals surface area contributed by atoms with E-state index in [2.05, 4.69) is 325 Å². The monoisotopic (exact) mass is 1160 g/mol. The van der Waals surface area contributed by atoms with Crippen molar-refractivity contribution in [2.24, 2.45) is 0 Å². The minimum Gasteiger partial charge on any atom is -0.309 e. The van der Waals surface area contributed by atoms with Crippen LogP contribution in [0.5, 0.6) is 0 Å². The first-order valence-electron chi connectivity index (χ1n) is 30.6. The lowest BCUT2D eigenvalue weighted by Gasteiger charge is -2.32. The summed E-state index contributed by atoms with van der Waals surface area (Å²) in [5.74, 6) is 0. The van der Waals surface area contributed by atoms with Gasteiger partial charge in [-0.15, -0.1) is 22.7 Å². The number of anilines is 6. The van der Waals surface area contributed by atoms with Crippen LogP contribution < -0.4 is 9.80 Å². The van der Waals surface area contributed by atoms with Gasteiger partial charge in [0.05, 0.1) is 26.2 Å². The van der Waals surface area contributed by atoms with Gasteiger partial charge in [-0.2, -0.15) is 0 Å². The van der Waals surface area contributed by atoms with Crippen molar-refractivity contribution in [1.82, 2.24) is 0 Å². The SMILES string of the molecule is c1ccc(N(c2ccc(-c3ccc4cc5c(cc4c3)C3(c4ccccc4-c4c3ccc3ccccc43)c3c-5ccc4cc(-c5ccc(N(c6ccccc6)c6cccc7c6sc6ccccc67)cc5)ccc34)cc2)c2cccc3c2sc2ccccc23)cc1. The largest absolute Gasteiger partial charge is 0.309 e. The maximum atomic E-state index is 2.55. The van der Waals surface area contributed by atoms with Crippen LogP contribution in [-0.4, -0.2) is 0 Å². The van der Waals surface area contributed by atoms with Crippen molar-refractivity contribution in [2.75, 3.05) is 9.80 Å². The topological polar surface area (TPSA) is 6.48 Å². The zero-order valence-electron chi connectivity index (χ0n) is 48.2. The zero-order chi connectivity index (χ0) is 58.3. The lowest BCUT2D eigenvalue weighted by Crippen LogP contribution is -2.26. The molecule has 2 aromatic heterocycles. The van der Waals surface area contributed by atoms with Crippen LogP contribution in [0.3, 0.4) is 0 Å². The van der Waals surface area contributed by atoms with E-state index >= 15 is 0 Å². The van der Waals surface area contributed by atoms with E-state index in [4.69, 9.17) is 0 Å². The van der Waals surface area contributed by atoms with Crippen LogP contribution in [0.1, 0.15) is 22.3 Å². The Morgan fingerprint density at radius 3 is 1.38 bits per heavy atom. The molecule has 0 saturated heterocycles. The molecule has 2 aliphatic rings. The Labute approximate surface area is 523 Å². The summed E-state index contributed by atoms with van der Waals surface area (Å²) in [5.41, 5.74) is 21.7. The number of hydrogen-bond acceptors (Lipinski definition) is 4. The third kappa shape index (κ3) is 7.49. The second kappa shape index (κ2) is 19.6. The summed E-state index contributed by atoms with van der Waals surface area (Å²) in [7, 11) is 0. The Morgan fingerprint density at radius 1 is 0.247 bits per heavy atom. The molecule has 4 heteroatoms.